The van der Waals surface area contributed by atoms with Gasteiger partial charge in [-0.2, -0.15) is 0 Å². The highest BCUT2D eigenvalue weighted by molar-refractivity contribution is 8.00. The van der Waals surface area contributed by atoms with Gasteiger partial charge >= 0.3 is 0 Å². The molecule has 0 radical (unpaired) electrons. The molecule has 0 fully saturated rings. The summed E-state index contributed by atoms with van der Waals surface area (Å²) in [4.78, 5) is 23.7. The van der Waals surface area contributed by atoms with Gasteiger partial charge in [-0.05, 0) is 17.7 Å². The number of halogens is 1. The van der Waals surface area contributed by atoms with E-state index in [0.29, 0.717) is 4.90 Å². The van der Waals surface area contributed by atoms with Crippen LogP contribution in [0.1, 0.15) is 5.56 Å². The molecule has 0 heterocycles. The lowest BCUT2D eigenvalue weighted by Gasteiger charge is -2.07. The molecule has 2 aromatic carbocycles. The largest absolute Gasteiger partial charge is 0.273 e. The molecule has 0 saturated carbocycles. The Labute approximate surface area is 132 Å². The lowest BCUT2D eigenvalue weighted by atomic mass is 10.1. The third-order valence-corrected chi connectivity index (χ3v) is 3.79. The number of rotatable bonds is 5. The zero-order valence-corrected chi connectivity index (χ0v) is 12.5. The first-order chi connectivity index (χ1) is 10.6. The molecule has 2 N–H and O–H groups in total. The summed E-state index contributed by atoms with van der Waals surface area (Å²) in [5, 5.41) is 0. The first-order valence-electron chi connectivity index (χ1n) is 6.64. The maximum Gasteiger partial charge on any atom is 0.248 e. The molecule has 4 nitrogen and oxygen atoms in total. The number of amides is 2. The van der Waals surface area contributed by atoms with Crippen LogP contribution in [0.2, 0.25) is 0 Å². The zero-order chi connectivity index (χ0) is 15.8. The third-order valence-electron chi connectivity index (χ3n) is 2.74. The van der Waals surface area contributed by atoms with Gasteiger partial charge in [-0.3, -0.25) is 20.4 Å². The van der Waals surface area contributed by atoms with Gasteiger partial charge in [0.25, 0.3) is 0 Å². The van der Waals surface area contributed by atoms with Crippen LogP contribution < -0.4 is 10.9 Å². The predicted octanol–water partition coefficient (Wildman–Crippen LogP) is 2.31. The minimum atomic E-state index is -0.394. The van der Waals surface area contributed by atoms with Crippen molar-refractivity contribution in [2.24, 2.45) is 0 Å². The van der Waals surface area contributed by atoms with E-state index < -0.39 is 5.91 Å². The molecule has 0 aromatic heterocycles. The Hall–Kier alpha value is -2.34. The summed E-state index contributed by atoms with van der Waals surface area (Å²) < 4.78 is 13.4. The molecule has 2 aromatic rings. The highest BCUT2D eigenvalue weighted by Crippen LogP contribution is 2.20. The first-order valence-corrected chi connectivity index (χ1v) is 7.62. The Kier molecular flexibility index (Phi) is 5.97. The first kappa shape index (κ1) is 16.0. The summed E-state index contributed by atoms with van der Waals surface area (Å²) in [6.45, 7) is 0. The van der Waals surface area contributed by atoms with Crippen LogP contribution >= 0.6 is 11.8 Å². The minimum Gasteiger partial charge on any atom is -0.273 e. The van der Waals surface area contributed by atoms with Crippen LogP contribution in [0.25, 0.3) is 0 Å². The topological polar surface area (TPSA) is 58.2 Å². The quantitative estimate of drug-likeness (QED) is 0.657. The highest BCUT2D eigenvalue weighted by atomic mass is 32.2. The van der Waals surface area contributed by atoms with Gasteiger partial charge in [0.05, 0.1) is 12.2 Å². The maximum absolute atomic E-state index is 13.4. The fourth-order valence-corrected chi connectivity index (χ4v) is 2.45. The van der Waals surface area contributed by atoms with Crippen molar-refractivity contribution >= 4 is 23.6 Å². The monoisotopic (exact) mass is 318 g/mol. The van der Waals surface area contributed by atoms with E-state index in [-0.39, 0.29) is 23.9 Å². The van der Waals surface area contributed by atoms with E-state index in [1.165, 1.54) is 6.07 Å². The third kappa shape index (κ3) is 5.21. The molecule has 0 bridgehead atoms. The number of carbonyl (C=O) groups excluding carboxylic acids is 2. The van der Waals surface area contributed by atoms with E-state index in [2.05, 4.69) is 10.9 Å². The van der Waals surface area contributed by atoms with Crippen LogP contribution in [0.5, 0.6) is 0 Å². The van der Waals surface area contributed by atoms with Crippen LogP contribution in [-0.2, 0) is 16.0 Å². The van der Waals surface area contributed by atoms with Crippen molar-refractivity contribution in [3.63, 3.8) is 0 Å². The summed E-state index contributed by atoms with van der Waals surface area (Å²) >= 11 is 1.07. The minimum absolute atomic E-state index is 0.0204. The van der Waals surface area contributed by atoms with Gasteiger partial charge in [0, 0.05) is 4.90 Å². The molecule has 2 rings (SSSR count). The molecular weight excluding hydrogens is 303 g/mol. The summed E-state index contributed by atoms with van der Waals surface area (Å²) in [6, 6.07) is 15.4. The number of hydrogen-bond acceptors (Lipinski definition) is 3. The molecule has 114 valence electrons. The van der Waals surface area contributed by atoms with E-state index in [1.54, 1.807) is 18.2 Å². The lowest BCUT2D eigenvalue weighted by Crippen LogP contribution is -2.43. The van der Waals surface area contributed by atoms with Crippen molar-refractivity contribution in [3.05, 3.63) is 66.0 Å². The number of hydrazine groups is 1. The van der Waals surface area contributed by atoms with E-state index in [4.69, 9.17) is 0 Å². The van der Waals surface area contributed by atoms with Crippen LogP contribution in [0, 0.1) is 5.82 Å². The molecule has 0 unspecified atom stereocenters. The Bertz CT molecular complexity index is 650. The molecule has 0 aliphatic carbocycles. The van der Waals surface area contributed by atoms with Gasteiger partial charge in [-0.15, -0.1) is 11.8 Å². The average molecular weight is 318 g/mol. The Morgan fingerprint density at radius 2 is 1.55 bits per heavy atom. The zero-order valence-electron chi connectivity index (χ0n) is 11.7. The Balaban J connectivity index is 1.71. The van der Waals surface area contributed by atoms with E-state index in [1.807, 2.05) is 30.3 Å². The van der Waals surface area contributed by atoms with Crippen molar-refractivity contribution in [2.45, 2.75) is 11.3 Å². The fourth-order valence-electron chi connectivity index (χ4n) is 1.71. The Morgan fingerprint density at radius 1 is 0.909 bits per heavy atom. The number of benzene rings is 2. The van der Waals surface area contributed by atoms with Gasteiger partial charge < -0.3 is 0 Å². The number of thioether (sulfide) groups is 1. The molecule has 0 aliphatic rings. The average Bonchev–Trinajstić information content (AvgIpc) is 2.53. The van der Waals surface area contributed by atoms with Crippen molar-refractivity contribution < 1.29 is 14.0 Å². The summed E-state index contributed by atoms with van der Waals surface area (Å²) in [5.41, 5.74) is 5.50. The van der Waals surface area contributed by atoms with Crippen LogP contribution in [0.4, 0.5) is 4.39 Å². The van der Waals surface area contributed by atoms with Crippen molar-refractivity contribution in [3.8, 4) is 0 Å². The number of carbonyl (C=O) groups is 2. The second kappa shape index (κ2) is 8.19. The number of nitrogens with one attached hydrogen (secondary N) is 2. The van der Waals surface area contributed by atoms with Crippen LogP contribution in [0.3, 0.4) is 0 Å². The molecule has 2 amide bonds. The van der Waals surface area contributed by atoms with E-state index >= 15 is 0 Å². The van der Waals surface area contributed by atoms with Crippen LogP contribution in [-0.4, -0.2) is 17.6 Å². The molecule has 0 spiro atoms. The van der Waals surface area contributed by atoms with Crippen LogP contribution in [0.15, 0.2) is 59.5 Å². The van der Waals surface area contributed by atoms with E-state index in [9.17, 15) is 14.0 Å². The second-order valence-electron chi connectivity index (χ2n) is 4.48. The van der Waals surface area contributed by atoms with Gasteiger partial charge in [0.2, 0.25) is 11.8 Å². The summed E-state index contributed by atoms with van der Waals surface area (Å²) in [6.07, 6.45) is 0.182. The standard InChI is InChI=1S/C16H15FN2O2S/c17-13-8-4-5-9-14(13)22-11-16(21)19-18-15(20)10-12-6-2-1-3-7-12/h1-9H,10-11H2,(H,18,20)(H,19,21). The van der Waals surface area contributed by atoms with Crippen molar-refractivity contribution in [1.82, 2.24) is 10.9 Å². The predicted molar refractivity (Wildman–Crippen MR) is 83.6 cm³/mol. The Morgan fingerprint density at radius 3 is 2.27 bits per heavy atom. The highest BCUT2D eigenvalue weighted by Gasteiger charge is 2.08. The molecule has 0 aliphatic heterocycles. The smallest absolute Gasteiger partial charge is 0.248 e. The molecule has 22 heavy (non-hydrogen) atoms. The lowest BCUT2D eigenvalue weighted by molar-refractivity contribution is -0.127. The van der Waals surface area contributed by atoms with Gasteiger partial charge in [0.1, 0.15) is 5.82 Å². The fraction of sp³-hybridized carbons (Fsp3) is 0.125. The van der Waals surface area contributed by atoms with Gasteiger partial charge in [-0.1, -0.05) is 42.5 Å². The normalized spacial score (nSPS) is 10.0. The van der Waals surface area contributed by atoms with Gasteiger partial charge in [0.15, 0.2) is 0 Å². The number of hydrogen-bond donors (Lipinski definition) is 2. The SMILES string of the molecule is O=C(CSc1ccccc1F)NNC(=O)Cc1ccccc1. The molecule has 6 heteroatoms. The maximum atomic E-state index is 13.4. The molecule has 0 atom stereocenters. The molecular formula is C16H15FN2O2S. The molecule has 0 saturated heterocycles. The van der Waals surface area contributed by atoms with Gasteiger partial charge in [-0.25, -0.2) is 4.39 Å². The summed E-state index contributed by atoms with van der Waals surface area (Å²) in [5.74, 6) is -1.05. The second-order valence-corrected chi connectivity index (χ2v) is 5.50. The van der Waals surface area contributed by atoms with Crippen molar-refractivity contribution in [2.75, 3.05) is 5.75 Å². The summed E-state index contributed by atoms with van der Waals surface area (Å²) in [7, 11) is 0. The van der Waals surface area contributed by atoms with E-state index in [0.717, 1.165) is 17.3 Å². The van der Waals surface area contributed by atoms with Crippen molar-refractivity contribution in [1.29, 1.82) is 0 Å².